The highest BCUT2D eigenvalue weighted by molar-refractivity contribution is 7.98. The lowest BCUT2D eigenvalue weighted by atomic mass is 10.1. The number of carbonyl (C=O) groups is 1. The first-order valence-corrected chi connectivity index (χ1v) is 5.90. The normalized spacial score (nSPS) is 12.4. The highest BCUT2D eigenvalue weighted by Gasteiger charge is 2.03. The molecule has 1 unspecified atom stereocenters. The Balaban J connectivity index is 2.54. The van der Waals surface area contributed by atoms with Gasteiger partial charge in [-0.15, -0.1) is 0 Å². The minimum atomic E-state index is -0.881. The third-order valence-corrected chi connectivity index (χ3v) is 3.12. The van der Waals surface area contributed by atoms with Crippen LogP contribution in [0, 0.1) is 0 Å². The summed E-state index contributed by atoms with van der Waals surface area (Å²) in [7, 11) is 0. The van der Waals surface area contributed by atoms with Gasteiger partial charge >= 0.3 is 5.97 Å². The maximum atomic E-state index is 10.7. The molecule has 0 spiro atoms. The summed E-state index contributed by atoms with van der Waals surface area (Å²) < 4.78 is 0. The van der Waals surface area contributed by atoms with E-state index in [-0.39, 0.29) is 6.04 Å². The number of aromatic carboxylic acids is 1. The molecular weight excluding hydrogens is 210 g/mol. The minimum absolute atomic E-state index is 0.178. The molecule has 3 nitrogen and oxygen atoms in total. The smallest absolute Gasteiger partial charge is 0.335 e. The molecule has 0 saturated carbocycles. The van der Waals surface area contributed by atoms with Crippen LogP contribution < -0.4 is 5.73 Å². The van der Waals surface area contributed by atoms with Crippen LogP contribution in [-0.4, -0.2) is 22.9 Å². The summed E-state index contributed by atoms with van der Waals surface area (Å²) in [5.74, 6) is 0.814. The van der Waals surface area contributed by atoms with Gasteiger partial charge in [0.15, 0.2) is 0 Å². The van der Waals surface area contributed by atoms with E-state index in [1.165, 1.54) is 0 Å². The molecule has 4 heteroatoms. The van der Waals surface area contributed by atoms with Gasteiger partial charge in [-0.05, 0) is 24.6 Å². The van der Waals surface area contributed by atoms with Gasteiger partial charge < -0.3 is 10.8 Å². The number of benzene rings is 1. The number of hydrogen-bond acceptors (Lipinski definition) is 3. The quantitative estimate of drug-likeness (QED) is 0.804. The van der Waals surface area contributed by atoms with Crippen molar-refractivity contribution in [3.63, 3.8) is 0 Å². The molecule has 0 amide bonds. The van der Waals surface area contributed by atoms with Crippen LogP contribution >= 0.6 is 11.8 Å². The Hall–Kier alpha value is -1.00. The standard InChI is InChI=1S/C11H15NO2S/c1-8(12)6-15-7-9-3-2-4-10(5-9)11(13)14/h2-5,8H,6-7,12H2,1H3,(H,13,14). The topological polar surface area (TPSA) is 63.3 Å². The van der Waals surface area contributed by atoms with Crippen molar-refractivity contribution in [2.24, 2.45) is 5.73 Å². The Bertz CT molecular complexity index is 339. The van der Waals surface area contributed by atoms with Crippen LogP contribution in [0.3, 0.4) is 0 Å². The summed E-state index contributed by atoms with van der Waals surface area (Å²) >= 11 is 1.72. The summed E-state index contributed by atoms with van der Waals surface area (Å²) in [5.41, 5.74) is 6.99. The van der Waals surface area contributed by atoms with E-state index in [0.717, 1.165) is 17.1 Å². The van der Waals surface area contributed by atoms with Gasteiger partial charge in [0.05, 0.1) is 5.56 Å². The summed E-state index contributed by atoms with van der Waals surface area (Å²) in [4.78, 5) is 10.7. The maximum absolute atomic E-state index is 10.7. The fourth-order valence-corrected chi connectivity index (χ4v) is 2.06. The molecule has 0 aliphatic heterocycles. The Labute approximate surface area is 93.7 Å². The van der Waals surface area contributed by atoms with E-state index in [9.17, 15) is 4.79 Å². The lowest BCUT2D eigenvalue weighted by Crippen LogP contribution is -2.17. The number of carboxylic acid groups (broad SMARTS) is 1. The molecule has 1 aromatic rings. The zero-order chi connectivity index (χ0) is 11.3. The molecule has 0 radical (unpaired) electrons. The van der Waals surface area contributed by atoms with Crippen molar-refractivity contribution in [3.05, 3.63) is 35.4 Å². The monoisotopic (exact) mass is 225 g/mol. The van der Waals surface area contributed by atoms with Crippen LogP contribution in [-0.2, 0) is 5.75 Å². The molecule has 0 bridgehead atoms. The van der Waals surface area contributed by atoms with Gasteiger partial charge in [-0.3, -0.25) is 0 Å². The highest BCUT2D eigenvalue weighted by Crippen LogP contribution is 2.14. The van der Waals surface area contributed by atoms with Gasteiger partial charge in [-0.1, -0.05) is 12.1 Å². The van der Waals surface area contributed by atoms with Gasteiger partial charge in [0.2, 0.25) is 0 Å². The maximum Gasteiger partial charge on any atom is 0.335 e. The number of carboxylic acids is 1. The number of thioether (sulfide) groups is 1. The minimum Gasteiger partial charge on any atom is -0.478 e. The second-order valence-corrected chi connectivity index (χ2v) is 4.53. The molecule has 0 fully saturated rings. The Morgan fingerprint density at radius 3 is 2.93 bits per heavy atom. The average Bonchev–Trinajstić information content (AvgIpc) is 2.17. The van der Waals surface area contributed by atoms with Gasteiger partial charge in [0, 0.05) is 17.5 Å². The summed E-state index contributed by atoms with van der Waals surface area (Å²) in [5, 5.41) is 8.80. The molecule has 82 valence electrons. The van der Waals surface area contributed by atoms with Crippen LogP contribution in [0.1, 0.15) is 22.8 Å². The third-order valence-electron chi connectivity index (χ3n) is 1.82. The number of rotatable bonds is 5. The van der Waals surface area contributed by atoms with E-state index in [2.05, 4.69) is 0 Å². The summed E-state index contributed by atoms with van der Waals surface area (Å²) in [6, 6.07) is 7.18. The largest absolute Gasteiger partial charge is 0.478 e. The van der Waals surface area contributed by atoms with Crippen LogP contribution in [0.25, 0.3) is 0 Å². The van der Waals surface area contributed by atoms with E-state index >= 15 is 0 Å². The van der Waals surface area contributed by atoms with E-state index < -0.39 is 5.97 Å². The zero-order valence-corrected chi connectivity index (χ0v) is 9.46. The van der Waals surface area contributed by atoms with Crippen molar-refractivity contribution in [2.75, 3.05) is 5.75 Å². The Morgan fingerprint density at radius 2 is 2.33 bits per heavy atom. The van der Waals surface area contributed by atoms with Crippen molar-refractivity contribution in [1.82, 2.24) is 0 Å². The summed E-state index contributed by atoms with van der Waals surface area (Å²) in [6.07, 6.45) is 0. The molecule has 1 aromatic carbocycles. The summed E-state index contributed by atoms with van der Waals surface area (Å²) in [6.45, 7) is 1.96. The first kappa shape index (κ1) is 12.1. The molecule has 0 heterocycles. The lowest BCUT2D eigenvalue weighted by Gasteiger charge is -2.05. The van der Waals surface area contributed by atoms with Gasteiger partial charge in [0.1, 0.15) is 0 Å². The van der Waals surface area contributed by atoms with Crippen molar-refractivity contribution >= 4 is 17.7 Å². The van der Waals surface area contributed by atoms with Crippen molar-refractivity contribution in [1.29, 1.82) is 0 Å². The highest BCUT2D eigenvalue weighted by atomic mass is 32.2. The fourth-order valence-electron chi connectivity index (χ4n) is 1.16. The Morgan fingerprint density at radius 1 is 1.60 bits per heavy atom. The second kappa shape index (κ2) is 5.78. The molecular formula is C11H15NO2S. The fraction of sp³-hybridized carbons (Fsp3) is 0.364. The predicted molar refractivity (Wildman–Crippen MR) is 63.2 cm³/mol. The SMILES string of the molecule is CC(N)CSCc1cccc(C(=O)O)c1. The van der Waals surface area contributed by atoms with E-state index in [4.69, 9.17) is 10.8 Å². The molecule has 0 aliphatic rings. The third kappa shape index (κ3) is 4.36. The van der Waals surface area contributed by atoms with Gasteiger partial charge in [0.25, 0.3) is 0 Å². The predicted octanol–water partition coefficient (Wildman–Crippen LogP) is 1.97. The molecule has 0 aliphatic carbocycles. The lowest BCUT2D eigenvalue weighted by molar-refractivity contribution is 0.0697. The van der Waals surface area contributed by atoms with Gasteiger partial charge in [-0.2, -0.15) is 11.8 Å². The van der Waals surface area contributed by atoms with Gasteiger partial charge in [-0.25, -0.2) is 4.79 Å². The van der Waals surface area contributed by atoms with E-state index in [1.807, 2.05) is 13.0 Å². The van der Waals surface area contributed by atoms with Crippen LogP contribution in [0.4, 0.5) is 0 Å². The van der Waals surface area contributed by atoms with Crippen molar-refractivity contribution in [2.45, 2.75) is 18.7 Å². The average molecular weight is 225 g/mol. The number of hydrogen-bond donors (Lipinski definition) is 2. The molecule has 1 atom stereocenters. The zero-order valence-electron chi connectivity index (χ0n) is 8.64. The van der Waals surface area contributed by atoms with Crippen LogP contribution in [0.15, 0.2) is 24.3 Å². The first-order valence-electron chi connectivity index (χ1n) is 4.75. The van der Waals surface area contributed by atoms with E-state index in [0.29, 0.717) is 5.56 Å². The molecule has 1 rings (SSSR count). The van der Waals surface area contributed by atoms with Crippen LogP contribution in [0.2, 0.25) is 0 Å². The van der Waals surface area contributed by atoms with Crippen molar-refractivity contribution < 1.29 is 9.90 Å². The van der Waals surface area contributed by atoms with Crippen molar-refractivity contribution in [3.8, 4) is 0 Å². The second-order valence-electron chi connectivity index (χ2n) is 3.50. The molecule has 15 heavy (non-hydrogen) atoms. The molecule has 0 aromatic heterocycles. The molecule has 3 N–H and O–H groups in total. The number of nitrogens with two attached hydrogens (primary N) is 1. The first-order chi connectivity index (χ1) is 7.09. The van der Waals surface area contributed by atoms with Crippen LogP contribution in [0.5, 0.6) is 0 Å². The Kier molecular flexibility index (Phi) is 4.65. The van der Waals surface area contributed by atoms with E-state index in [1.54, 1.807) is 30.0 Å². The molecule has 0 saturated heterocycles.